The molecule has 154 valence electrons. The number of nitro groups is 1. The lowest BCUT2D eigenvalue weighted by Crippen LogP contribution is -2.38. The van der Waals surface area contributed by atoms with Gasteiger partial charge in [-0.05, 0) is 42.5 Å². The first-order valence-electron chi connectivity index (χ1n) is 8.65. The second kappa shape index (κ2) is 8.93. The first-order chi connectivity index (χ1) is 14.3. The van der Waals surface area contributed by atoms with Gasteiger partial charge in [-0.2, -0.15) is 0 Å². The van der Waals surface area contributed by atoms with Crippen LogP contribution >= 0.6 is 11.6 Å². The van der Waals surface area contributed by atoms with Crippen LogP contribution in [0.5, 0.6) is 0 Å². The molecule has 0 aliphatic carbocycles. The van der Waals surface area contributed by atoms with E-state index in [1.807, 2.05) is 0 Å². The van der Waals surface area contributed by atoms with Crippen molar-refractivity contribution in [2.75, 3.05) is 16.2 Å². The Kier molecular flexibility index (Phi) is 6.34. The molecule has 0 aromatic heterocycles. The summed E-state index contributed by atoms with van der Waals surface area (Å²) in [4.78, 5) is 23.0. The van der Waals surface area contributed by atoms with Gasteiger partial charge in [0.05, 0.1) is 15.5 Å². The van der Waals surface area contributed by atoms with Gasteiger partial charge in [0.1, 0.15) is 6.54 Å². The molecule has 8 nitrogen and oxygen atoms in total. The summed E-state index contributed by atoms with van der Waals surface area (Å²) in [6.45, 7) is -0.540. The molecule has 0 saturated carbocycles. The smallest absolute Gasteiger partial charge is 0.271 e. The number of hydrogen-bond donors (Lipinski definition) is 1. The van der Waals surface area contributed by atoms with Crippen molar-refractivity contribution >= 4 is 44.6 Å². The Bertz CT molecular complexity index is 1170. The van der Waals surface area contributed by atoms with Crippen molar-refractivity contribution in [2.45, 2.75) is 4.90 Å². The van der Waals surface area contributed by atoms with Crippen LogP contribution in [-0.2, 0) is 14.8 Å². The number of nitrogens with zero attached hydrogens (tertiary/aromatic N) is 2. The molecule has 0 bridgehead atoms. The van der Waals surface area contributed by atoms with Gasteiger partial charge in [-0.15, -0.1) is 0 Å². The van der Waals surface area contributed by atoms with E-state index in [4.69, 9.17) is 11.6 Å². The van der Waals surface area contributed by atoms with E-state index >= 15 is 0 Å². The Balaban J connectivity index is 1.91. The normalized spacial score (nSPS) is 11.0. The van der Waals surface area contributed by atoms with Crippen LogP contribution in [0.2, 0.25) is 5.02 Å². The highest BCUT2D eigenvalue weighted by atomic mass is 35.5. The number of nitrogens with one attached hydrogen (secondary N) is 1. The molecule has 3 rings (SSSR count). The van der Waals surface area contributed by atoms with Crippen molar-refractivity contribution in [3.63, 3.8) is 0 Å². The Morgan fingerprint density at radius 2 is 1.67 bits per heavy atom. The molecule has 0 atom stereocenters. The van der Waals surface area contributed by atoms with Crippen molar-refractivity contribution in [3.05, 3.63) is 94.0 Å². The van der Waals surface area contributed by atoms with Gasteiger partial charge in [0.2, 0.25) is 5.91 Å². The largest absolute Gasteiger partial charge is 0.324 e. The molecule has 0 radical (unpaired) electrons. The molecular weight excluding hydrogens is 430 g/mol. The van der Waals surface area contributed by atoms with Gasteiger partial charge in [0, 0.05) is 22.8 Å². The van der Waals surface area contributed by atoms with Crippen LogP contribution in [0.4, 0.5) is 17.1 Å². The number of anilines is 2. The zero-order valence-corrected chi connectivity index (χ0v) is 17.0. The number of amides is 1. The third-order valence-corrected chi connectivity index (χ3v) is 6.11. The number of hydrogen-bond acceptors (Lipinski definition) is 5. The van der Waals surface area contributed by atoms with Gasteiger partial charge < -0.3 is 5.32 Å². The fraction of sp³-hybridized carbons (Fsp3) is 0.0500. The number of benzene rings is 3. The average Bonchev–Trinajstić information content (AvgIpc) is 2.73. The Labute approximate surface area is 177 Å². The summed E-state index contributed by atoms with van der Waals surface area (Å²) in [6, 6.07) is 19.1. The van der Waals surface area contributed by atoms with Crippen LogP contribution in [0.15, 0.2) is 83.8 Å². The van der Waals surface area contributed by atoms with E-state index in [9.17, 15) is 23.3 Å². The number of nitro benzene ring substituents is 1. The third kappa shape index (κ3) is 4.94. The SMILES string of the molecule is O=C(CN(c1ccc(Cl)cc1)S(=O)(=O)c1ccccc1)Nc1cccc([N+](=O)[O-])c1. The second-order valence-corrected chi connectivity index (χ2v) is 8.46. The molecule has 1 amide bonds. The van der Waals surface area contributed by atoms with Crippen molar-refractivity contribution < 1.29 is 18.1 Å². The van der Waals surface area contributed by atoms with Gasteiger partial charge in [-0.3, -0.25) is 19.2 Å². The second-order valence-electron chi connectivity index (χ2n) is 6.16. The highest BCUT2D eigenvalue weighted by Gasteiger charge is 2.27. The molecule has 3 aromatic carbocycles. The molecular formula is C20H16ClN3O5S. The topological polar surface area (TPSA) is 110 Å². The van der Waals surface area contributed by atoms with Crippen LogP contribution in [0.1, 0.15) is 0 Å². The zero-order chi connectivity index (χ0) is 21.7. The Morgan fingerprint density at radius 1 is 1.00 bits per heavy atom. The number of non-ortho nitro benzene ring substituents is 1. The lowest BCUT2D eigenvalue weighted by atomic mass is 10.3. The lowest BCUT2D eigenvalue weighted by molar-refractivity contribution is -0.384. The predicted octanol–water partition coefficient (Wildman–Crippen LogP) is 4.08. The van der Waals surface area contributed by atoms with Crippen LogP contribution in [0, 0.1) is 10.1 Å². The maximum absolute atomic E-state index is 13.2. The summed E-state index contributed by atoms with van der Waals surface area (Å²) in [5, 5.41) is 13.8. The number of halogens is 1. The van der Waals surface area contributed by atoms with Crippen LogP contribution < -0.4 is 9.62 Å². The molecule has 10 heteroatoms. The Morgan fingerprint density at radius 3 is 2.30 bits per heavy atom. The van der Waals surface area contributed by atoms with E-state index < -0.39 is 27.4 Å². The quantitative estimate of drug-likeness (QED) is 0.435. The number of rotatable bonds is 7. The van der Waals surface area contributed by atoms with Crippen LogP contribution in [0.3, 0.4) is 0 Å². The van der Waals surface area contributed by atoms with Crippen molar-refractivity contribution in [1.29, 1.82) is 0 Å². The molecule has 3 aromatic rings. The van der Waals surface area contributed by atoms with E-state index in [2.05, 4.69) is 5.32 Å². The lowest BCUT2D eigenvalue weighted by Gasteiger charge is -2.24. The van der Waals surface area contributed by atoms with Gasteiger partial charge in [0.25, 0.3) is 15.7 Å². The van der Waals surface area contributed by atoms with Crippen molar-refractivity contribution in [2.24, 2.45) is 0 Å². The van der Waals surface area contributed by atoms with Gasteiger partial charge in [0.15, 0.2) is 0 Å². The Hall–Kier alpha value is -3.43. The molecule has 0 spiro atoms. The van der Waals surface area contributed by atoms with E-state index in [0.29, 0.717) is 5.02 Å². The maximum atomic E-state index is 13.2. The monoisotopic (exact) mass is 445 g/mol. The van der Waals surface area contributed by atoms with E-state index in [0.717, 1.165) is 4.31 Å². The van der Waals surface area contributed by atoms with Crippen molar-refractivity contribution in [3.8, 4) is 0 Å². The molecule has 1 N–H and O–H groups in total. The minimum Gasteiger partial charge on any atom is -0.324 e. The van der Waals surface area contributed by atoms with Gasteiger partial charge in [-0.25, -0.2) is 8.42 Å². The first kappa shape index (κ1) is 21.3. The predicted molar refractivity (Wildman–Crippen MR) is 114 cm³/mol. The molecule has 0 aliphatic rings. The average molecular weight is 446 g/mol. The summed E-state index contributed by atoms with van der Waals surface area (Å²) < 4.78 is 27.3. The highest BCUT2D eigenvalue weighted by Crippen LogP contribution is 2.25. The zero-order valence-electron chi connectivity index (χ0n) is 15.4. The summed E-state index contributed by atoms with van der Waals surface area (Å²) in [5.74, 6) is -0.662. The standard InChI is InChI=1S/C20H16ClN3O5S/c21-15-9-11-17(12-10-15)23(30(28,29)19-7-2-1-3-8-19)14-20(25)22-16-5-4-6-18(13-16)24(26)27/h1-13H,14H2,(H,22,25). The molecule has 0 unspecified atom stereocenters. The fourth-order valence-corrected chi connectivity index (χ4v) is 4.24. The van der Waals surface area contributed by atoms with E-state index in [-0.39, 0.29) is 22.0 Å². The maximum Gasteiger partial charge on any atom is 0.271 e. The highest BCUT2D eigenvalue weighted by molar-refractivity contribution is 7.92. The van der Waals surface area contributed by atoms with E-state index in [1.165, 1.54) is 60.7 Å². The minimum absolute atomic E-state index is 0.0168. The number of carbonyl (C=O) groups is 1. The molecule has 0 heterocycles. The minimum atomic E-state index is -4.05. The molecule has 0 fully saturated rings. The molecule has 30 heavy (non-hydrogen) atoms. The van der Waals surface area contributed by atoms with E-state index in [1.54, 1.807) is 18.2 Å². The van der Waals surface area contributed by atoms with Crippen LogP contribution in [0.25, 0.3) is 0 Å². The fourth-order valence-electron chi connectivity index (χ4n) is 2.67. The van der Waals surface area contributed by atoms with Gasteiger partial charge in [-0.1, -0.05) is 35.9 Å². The summed E-state index contributed by atoms with van der Waals surface area (Å²) in [6.07, 6.45) is 0. The number of sulfonamides is 1. The summed E-state index contributed by atoms with van der Waals surface area (Å²) in [5.41, 5.74) is 0.235. The molecule has 0 aliphatic heterocycles. The van der Waals surface area contributed by atoms with Crippen molar-refractivity contribution in [1.82, 2.24) is 0 Å². The summed E-state index contributed by atoms with van der Waals surface area (Å²) >= 11 is 5.90. The third-order valence-electron chi connectivity index (χ3n) is 4.07. The first-order valence-corrected chi connectivity index (χ1v) is 10.5. The van der Waals surface area contributed by atoms with Gasteiger partial charge >= 0.3 is 0 Å². The van der Waals surface area contributed by atoms with Crippen LogP contribution in [-0.4, -0.2) is 25.8 Å². The molecule has 0 saturated heterocycles. The summed E-state index contributed by atoms with van der Waals surface area (Å²) in [7, 11) is -4.05. The number of carbonyl (C=O) groups excluding carboxylic acids is 1.